The lowest BCUT2D eigenvalue weighted by atomic mass is 10.0. The van der Waals surface area contributed by atoms with E-state index >= 15 is 0 Å². The highest BCUT2D eigenvalue weighted by Gasteiger charge is 2.27. The quantitative estimate of drug-likeness (QED) is 0.887. The number of hydrogen-bond donors (Lipinski definition) is 1. The van der Waals surface area contributed by atoms with E-state index in [1.54, 1.807) is 12.1 Å². The Morgan fingerprint density at radius 3 is 2.96 bits per heavy atom. The molecule has 1 unspecified atom stereocenters. The summed E-state index contributed by atoms with van der Waals surface area (Å²) >= 11 is 6.13. The monoisotopic (exact) mass is 360 g/mol. The summed E-state index contributed by atoms with van der Waals surface area (Å²) in [7, 11) is 0. The Bertz CT molecular complexity index is 632. The van der Waals surface area contributed by atoms with Crippen molar-refractivity contribution in [2.45, 2.75) is 38.4 Å². The average Bonchev–Trinajstić information content (AvgIpc) is 3.13. The summed E-state index contributed by atoms with van der Waals surface area (Å²) in [5, 5.41) is 4.40. The Morgan fingerprint density at radius 1 is 1.43 bits per heavy atom. The van der Waals surface area contributed by atoms with Crippen molar-refractivity contribution in [2.24, 2.45) is 5.73 Å². The molecule has 0 amide bonds. The van der Waals surface area contributed by atoms with E-state index in [0.29, 0.717) is 35.3 Å². The highest BCUT2D eigenvalue weighted by Crippen LogP contribution is 2.27. The second kappa shape index (κ2) is 8.06. The first-order valence-corrected chi connectivity index (χ1v) is 7.73. The topological polar surface area (TPSA) is 68.2 Å². The van der Waals surface area contributed by atoms with Crippen molar-refractivity contribution in [1.29, 1.82) is 0 Å². The van der Waals surface area contributed by atoms with E-state index in [0.717, 1.165) is 19.4 Å². The molecule has 2 aromatic rings. The van der Waals surface area contributed by atoms with Crippen LogP contribution in [0, 0.1) is 5.82 Å². The summed E-state index contributed by atoms with van der Waals surface area (Å²) < 4.78 is 19.0. The van der Waals surface area contributed by atoms with Gasteiger partial charge in [0.1, 0.15) is 5.82 Å². The SMILES string of the molecule is Cl.NCc1nc(CN2CCCC2Cc2c(F)cccc2Cl)no1. The van der Waals surface area contributed by atoms with E-state index in [2.05, 4.69) is 15.0 Å². The van der Waals surface area contributed by atoms with E-state index < -0.39 is 0 Å². The lowest BCUT2D eigenvalue weighted by Crippen LogP contribution is -2.31. The number of aromatic nitrogens is 2. The Balaban J connectivity index is 0.00000192. The number of rotatable bonds is 5. The van der Waals surface area contributed by atoms with Gasteiger partial charge >= 0.3 is 0 Å². The van der Waals surface area contributed by atoms with Crippen molar-refractivity contribution in [3.8, 4) is 0 Å². The number of benzene rings is 1. The van der Waals surface area contributed by atoms with Crippen LogP contribution in [0.3, 0.4) is 0 Å². The third kappa shape index (κ3) is 4.20. The fourth-order valence-electron chi connectivity index (χ4n) is 2.92. The molecule has 8 heteroatoms. The van der Waals surface area contributed by atoms with Crippen LogP contribution in [0.2, 0.25) is 5.02 Å². The highest BCUT2D eigenvalue weighted by atomic mass is 35.5. The number of nitrogens with zero attached hydrogens (tertiary/aromatic N) is 3. The van der Waals surface area contributed by atoms with Gasteiger partial charge < -0.3 is 10.3 Å². The summed E-state index contributed by atoms with van der Waals surface area (Å²) in [6.45, 7) is 1.75. The number of halogens is 3. The fourth-order valence-corrected chi connectivity index (χ4v) is 3.16. The molecule has 0 aliphatic carbocycles. The second-order valence-electron chi connectivity index (χ2n) is 5.48. The first-order valence-electron chi connectivity index (χ1n) is 7.36. The zero-order chi connectivity index (χ0) is 15.5. The fraction of sp³-hybridized carbons (Fsp3) is 0.467. The molecule has 5 nitrogen and oxygen atoms in total. The van der Waals surface area contributed by atoms with Crippen LogP contribution in [0.5, 0.6) is 0 Å². The van der Waals surface area contributed by atoms with Crippen LogP contribution >= 0.6 is 24.0 Å². The van der Waals surface area contributed by atoms with Gasteiger partial charge in [-0.15, -0.1) is 12.4 Å². The standard InChI is InChI=1S/C15H18ClFN4O.ClH/c16-12-4-1-5-13(17)11(12)7-10-3-2-6-21(10)9-14-19-15(8-18)22-20-14;/h1,4-5,10H,2-3,6-9,18H2;1H. The maximum Gasteiger partial charge on any atom is 0.240 e. The van der Waals surface area contributed by atoms with Crippen molar-refractivity contribution in [1.82, 2.24) is 15.0 Å². The maximum absolute atomic E-state index is 14.0. The van der Waals surface area contributed by atoms with Crippen LogP contribution < -0.4 is 5.73 Å². The van der Waals surface area contributed by atoms with Gasteiger partial charge in [-0.25, -0.2) is 4.39 Å². The van der Waals surface area contributed by atoms with Gasteiger partial charge in [-0.3, -0.25) is 4.90 Å². The Kier molecular flexibility index (Phi) is 6.35. The minimum Gasteiger partial charge on any atom is -0.338 e. The van der Waals surface area contributed by atoms with Crippen LogP contribution in [0.1, 0.15) is 30.1 Å². The summed E-state index contributed by atoms with van der Waals surface area (Å²) in [6, 6.07) is 5.04. The molecule has 1 aliphatic heterocycles. The van der Waals surface area contributed by atoms with Crippen molar-refractivity contribution in [2.75, 3.05) is 6.54 Å². The molecule has 0 radical (unpaired) electrons. The first kappa shape index (κ1) is 18.1. The van der Waals surface area contributed by atoms with Crippen LogP contribution in [-0.4, -0.2) is 27.6 Å². The largest absolute Gasteiger partial charge is 0.338 e. The molecular weight excluding hydrogens is 342 g/mol. The van der Waals surface area contributed by atoms with E-state index in [4.69, 9.17) is 21.9 Å². The molecule has 23 heavy (non-hydrogen) atoms. The number of hydrogen-bond acceptors (Lipinski definition) is 5. The molecule has 1 saturated heterocycles. The molecule has 1 fully saturated rings. The Morgan fingerprint density at radius 2 is 2.26 bits per heavy atom. The average molecular weight is 361 g/mol. The molecule has 2 N–H and O–H groups in total. The minimum absolute atomic E-state index is 0. The molecule has 1 atom stereocenters. The molecule has 1 aliphatic rings. The molecule has 1 aromatic carbocycles. The van der Waals surface area contributed by atoms with Crippen molar-refractivity contribution >= 4 is 24.0 Å². The van der Waals surface area contributed by atoms with E-state index in [1.165, 1.54) is 6.07 Å². The summed E-state index contributed by atoms with van der Waals surface area (Å²) in [6.07, 6.45) is 2.66. The molecule has 0 spiro atoms. The van der Waals surface area contributed by atoms with Gasteiger partial charge in [-0.05, 0) is 37.9 Å². The molecule has 3 rings (SSSR count). The molecule has 126 valence electrons. The van der Waals surface area contributed by atoms with Crippen molar-refractivity contribution in [3.05, 3.63) is 46.3 Å². The van der Waals surface area contributed by atoms with E-state index in [-0.39, 0.29) is 30.8 Å². The molecule has 0 saturated carbocycles. The Hall–Kier alpha value is -1.21. The number of likely N-dealkylation sites (tertiary alicyclic amines) is 1. The summed E-state index contributed by atoms with van der Waals surface area (Å²) in [5.74, 6) is 0.805. The van der Waals surface area contributed by atoms with Gasteiger partial charge in [0, 0.05) is 16.6 Å². The van der Waals surface area contributed by atoms with E-state index in [9.17, 15) is 4.39 Å². The lowest BCUT2D eigenvalue weighted by Gasteiger charge is -2.23. The third-order valence-corrected chi connectivity index (χ3v) is 4.38. The summed E-state index contributed by atoms with van der Waals surface area (Å²) in [5.41, 5.74) is 6.05. The second-order valence-corrected chi connectivity index (χ2v) is 5.89. The molecular formula is C15H19Cl2FN4O. The van der Waals surface area contributed by atoms with Crippen LogP contribution in [-0.2, 0) is 19.5 Å². The smallest absolute Gasteiger partial charge is 0.240 e. The van der Waals surface area contributed by atoms with Gasteiger partial charge in [0.15, 0.2) is 5.82 Å². The van der Waals surface area contributed by atoms with Gasteiger partial charge in [0.25, 0.3) is 0 Å². The van der Waals surface area contributed by atoms with Gasteiger partial charge in [-0.2, -0.15) is 4.98 Å². The predicted molar refractivity (Wildman–Crippen MR) is 88.0 cm³/mol. The lowest BCUT2D eigenvalue weighted by molar-refractivity contribution is 0.233. The predicted octanol–water partition coefficient (Wildman–Crippen LogP) is 2.95. The van der Waals surface area contributed by atoms with Gasteiger partial charge in [0.2, 0.25) is 5.89 Å². The maximum atomic E-state index is 14.0. The number of nitrogens with two attached hydrogens (primary N) is 1. The summed E-state index contributed by atoms with van der Waals surface area (Å²) in [4.78, 5) is 6.47. The highest BCUT2D eigenvalue weighted by molar-refractivity contribution is 6.31. The van der Waals surface area contributed by atoms with Crippen LogP contribution in [0.15, 0.2) is 22.7 Å². The molecule has 1 aromatic heterocycles. The van der Waals surface area contributed by atoms with Crippen molar-refractivity contribution in [3.63, 3.8) is 0 Å². The minimum atomic E-state index is -0.246. The van der Waals surface area contributed by atoms with Crippen molar-refractivity contribution < 1.29 is 8.91 Å². The normalized spacial score (nSPS) is 18.1. The van der Waals surface area contributed by atoms with Crippen LogP contribution in [0.25, 0.3) is 0 Å². The molecule has 2 heterocycles. The van der Waals surface area contributed by atoms with Gasteiger partial charge in [-0.1, -0.05) is 22.8 Å². The zero-order valence-corrected chi connectivity index (χ0v) is 14.1. The molecule has 0 bridgehead atoms. The van der Waals surface area contributed by atoms with Gasteiger partial charge in [0.05, 0.1) is 13.1 Å². The van der Waals surface area contributed by atoms with E-state index in [1.807, 2.05) is 0 Å². The third-order valence-electron chi connectivity index (χ3n) is 4.03. The first-order chi connectivity index (χ1) is 10.7. The van der Waals surface area contributed by atoms with Crippen LogP contribution in [0.4, 0.5) is 4.39 Å². The Labute approximate surface area is 145 Å². The zero-order valence-electron chi connectivity index (χ0n) is 12.5.